The van der Waals surface area contributed by atoms with Gasteiger partial charge in [0, 0.05) is 52.4 Å². The molecule has 2 aromatic heterocycles. The first-order valence-corrected chi connectivity index (χ1v) is 20.3. The van der Waals surface area contributed by atoms with Crippen LogP contribution in [0.4, 0.5) is 17.1 Å². The molecule has 56 heavy (non-hydrogen) atoms. The van der Waals surface area contributed by atoms with Gasteiger partial charge in [-0.05, 0) is 88.3 Å². The molecule has 0 aliphatic heterocycles. The van der Waals surface area contributed by atoms with Crippen LogP contribution in [-0.4, -0.2) is 4.57 Å². The first-order chi connectivity index (χ1) is 29.4. The van der Waals surface area contributed by atoms with Crippen molar-refractivity contribution in [1.29, 1.82) is 0 Å². The standard InChI is InChI=1S/C52H39BrN2S/c1-52(2,3)36-31-37(53)33-39(32-36)54(38-29-27-35(28-30-38)34-15-5-4-6-16-34)51-43(42-20-14-26-49-50(42)44-19-9-12-25-48(44)56-49)21-13-24-47(51)55-45-22-10-7-17-40(45)41-18-8-11-23-46(41)55/h4-33H,1-3H3/i4D,5D,6D,15D,16D. The normalized spacial score (nSPS) is 13.2. The van der Waals surface area contributed by atoms with E-state index < -0.39 is 6.04 Å². The lowest BCUT2D eigenvalue weighted by Crippen LogP contribution is -2.17. The largest absolute Gasteiger partial charge is 0.308 e. The maximum atomic E-state index is 8.77. The van der Waals surface area contributed by atoms with E-state index in [9.17, 15) is 0 Å². The van der Waals surface area contributed by atoms with Crippen LogP contribution in [0.2, 0.25) is 0 Å². The zero-order valence-corrected chi connectivity index (χ0v) is 33.5. The van der Waals surface area contributed by atoms with Crippen LogP contribution in [0, 0.1) is 0 Å². The number of rotatable bonds is 6. The summed E-state index contributed by atoms with van der Waals surface area (Å²) in [5.41, 5.74) is 9.73. The van der Waals surface area contributed by atoms with Crippen LogP contribution in [0.3, 0.4) is 0 Å². The van der Waals surface area contributed by atoms with E-state index in [4.69, 9.17) is 6.85 Å². The molecule has 0 aliphatic rings. The van der Waals surface area contributed by atoms with Gasteiger partial charge < -0.3 is 9.47 Å². The Balaban J connectivity index is 1.34. The van der Waals surface area contributed by atoms with Crippen LogP contribution >= 0.6 is 27.3 Å². The highest BCUT2D eigenvalue weighted by Crippen LogP contribution is 2.50. The van der Waals surface area contributed by atoms with Crippen molar-refractivity contribution in [2.75, 3.05) is 4.90 Å². The van der Waals surface area contributed by atoms with Gasteiger partial charge in [-0.15, -0.1) is 11.3 Å². The van der Waals surface area contributed by atoms with Gasteiger partial charge in [-0.1, -0.05) is 158 Å². The molecule has 2 heterocycles. The van der Waals surface area contributed by atoms with E-state index in [1.807, 2.05) is 24.3 Å². The SMILES string of the molecule is [2H]c1c([2H])c([2H])c(-c2ccc(N(c3cc(Br)cc(C(C)(C)C)c3)c3c(-c4cccc5sc6ccccc6c45)cccc3-n3c4ccccc4c4ccccc43)cc2)c([2H])c1[2H]. The summed E-state index contributed by atoms with van der Waals surface area (Å²) in [4.78, 5) is 2.33. The molecular formula is C52H39BrN2S. The predicted octanol–water partition coefficient (Wildman–Crippen LogP) is 16.0. The number of fused-ring (bicyclic) bond motifs is 6. The van der Waals surface area contributed by atoms with Crippen molar-refractivity contribution in [3.8, 4) is 27.9 Å². The number of hydrogen-bond acceptors (Lipinski definition) is 2. The summed E-state index contributed by atoms with van der Waals surface area (Å²) in [5.74, 6) is 0. The Bertz CT molecular complexity index is 3300. The first kappa shape index (κ1) is 29.4. The second-order valence-electron chi connectivity index (χ2n) is 15.2. The number of nitrogens with zero attached hydrogens (tertiary/aromatic N) is 2. The fourth-order valence-corrected chi connectivity index (χ4v) is 9.67. The van der Waals surface area contributed by atoms with Gasteiger partial charge >= 0.3 is 0 Å². The highest BCUT2D eigenvalue weighted by atomic mass is 79.9. The molecule has 8 aromatic carbocycles. The average Bonchev–Trinajstić information content (AvgIpc) is 3.81. The molecule has 0 saturated carbocycles. The fourth-order valence-electron chi connectivity index (χ4n) is 8.06. The van der Waals surface area contributed by atoms with Crippen LogP contribution < -0.4 is 4.90 Å². The molecule has 0 bridgehead atoms. The third-order valence-corrected chi connectivity index (χ3v) is 12.3. The predicted molar refractivity (Wildman–Crippen MR) is 246 cm³/mol. The van der Waals surface area contributed by atoms with Crippen LogP contribution in [0.5, 0.6) is 0 Å². The van der Waals surface area contributed by atoms with Gasteiger partial charge in [0.2, 0.25) is 0 Å². The molecular weight excluding hydrogens is 765 g/mol. The number of para-hydroxylation sites is 3. The lowest BCUT2D eigenvalue weighted by molar-refractivity contribution is 0.590. The molecule has 10 rings (SSSR count). The zero-order chi connectivity index (χ0) is 42.3. The van der Waals surface area contributed by atoms with Gasteiger partial charge in [0.1, 0.15) is 0 Å². The lowest BCUT2D eigenvalue weighted by Gasteiger charge is -2.32. The van der Waals surface area contributed by atoms with Crippen molar-refractivity contribution < 1.29 is 6.85 Å². The smallest absolute Gasteiger partial charge is 0.0781 e. The third kappa shape index (κ3) is 5.83. The van der Waals surface area contributed by atoms with E-state index in [1.54, 1.807) is 11.3 Å². The quantitative estimate of drug-likeness (QED) is 0.162. The Hall–Kier alpha value is -5.94. The van der Waals surface area contributed by atoms with Crippen molar-refractivity contribution in [3.05, 3.63) is 192 Å². The summed E-state index contributed by atoms with van der Waals surface area (Å²) in [6.45, 7) is 6.66. The van der Waals surface area contributed by atoms with Crippen LogP contribution in [-0.2, 0) is 5.41 Å². The van der Waals surface area contributed by atoms with Crippen molar-refractivity contribution in [2.45, 2.75) is 26.2 Å². The minimum atomic E-state index is -0.409. The highest BCUT2D eigenvalue weighted by molar-refractivity contribution is 9.10. The second kappa shape index (κ2) is 13.7. The maximum Gasteiger partial charge on any atom is 0.0781 e. The van der Waals surface area contributed by atoms with E-state index in [2.05, 4.69) is 174 Å². The molecule has 0 N–H and O–H groups in total. The summed E-state index contributed by atoms with van der Waals surface area (Å²) in [6.07, 6.45) is 0. The molecule has 0 spiro atoms. The number of thiophene rings is 1. The Morgan fingerprint density at radius 3 is 1.91 bits per heavy atom. The average molecular weight is 809 g/mol. The Morgan fingerprint density at radius 2 is 1.20 bits per heavy atom. The van der Waals surface area contributed by atoms with Crippen molar-refractivity contribution in [1.82, 2.24) is 4.57 Å². The molecule has 2 nitrogen and oxygen atoms in total. The third-order valence-electron chi connectivity index (χ3n) is 10.7. The Labute approximate surface area is 347 Å². The van der Waals surface area contributed by atoms with Gasteiger partial charge in [-0.25, -0.2) is 0 Å². The summed E-state index contributed by atoms with van der Waals surface area (Å²) in [5, 5.41) is 4.72. The molecule has 0 amide bonds. The number of hydrogen-bond donors (Lipinski definition) is 0. The molecule has 4 heteroatoms. The summed E-state index contributed by atoms with van der Waals surface area (Å²) >= 11 is 5.71. The van der Waals surface area contributed by atoms with Crippen molar-refractivity contribution in [2.24, 2.45) is 0 Å². The number of anilines is 3. The zero-order valence-electron chi connectivity index (χ0n) is 36.1. The highest BCUT2D eigenvalue weighted by Gasteiger charge is 2.27. The molecule has 0 radical (unpaired) electrons. The number of halogens is 1. The summed E-state index contributed by atoms with van der Waals surface area (Å²) < 4.78 is 48.3. The van der Waals surface area contributed by atoms with Gasteiger partial charge in [0.25, 0.3) is 0 Å². The Kier molecular flexibility index (Phi) is 7.17. The topological polar surface area (TPSA) is 8.17 Å². The molecule has 0 saturated heterocycles. The Morgan fingerprint density at radius 1 is 0.571 bits per heavy atom. The monoisotopic (exact) mass is 807 g/mol. The van der Waals surface area contributed by atoms with Crippen LogP contribution in [0.25, 0.3) is 69.9 Å². The minimum Gasteiger partial charge on any atom is -0.308 e. The number of aromatic nitrogens is 1. The van der Waals surface area contributed by atoms with Gasteiger partial charge in [-0.3, -0.25) is 0 Å². The molecule has 0 fully saturated rings. The molecule has 10 aromatic rings. The molecule has 0 aliphatic carbocycles. The van der Waals surface area contributed by atoms with Crippen molar-refractivity contribution in [3.63, 3.8) is 0 Å². The van der Waals surface area contributed by atoms with Gasteiger partial charge in [0.15, 0.2) is 0 Å². The van der Waals surface area contributed by atoms with E-state index in [0.29, 0.717) is 5.56 Å². The maximum absolute atomic E-state index is 8.77. The van der Waals surface area contributed by atoms with Gasteiger partial charge in [0.05, 0.1) is 29.3 Å². The van der Waals surface area contributed by atoms with E-state index in [-0.39, 0.29) is 35.1 Å². The lowest BCUT2D eigenvalue weighted by atomic mass is 9.86. The molecule has 0 atom stereocenters. The van der Waals surface area contributed by atoms with Gasteiger partial charge in [-0.2, -0.15) is 0 Å². The van der Waals surface area contributed by atoms with Crippen LogP contribution in [0.15, 0.2) is 186 Å². The first-order valence-electron chi connectivity index (χ1n) is 21.2. The summed E-state index contributed by atoms with van der Waals surface area (Å²) in [7, 11) is 0. The number of benzene rings is 8. The van der Waals surface area contributed by atoms with Crippen LogP contribution in [0.1, 0.15) is 33.2 Å². The van der Waals surface area contributed by atoms with E-state index in [0.717, 1.165) is 65.7 Å². The minimum absolute atomic E-state index is 0.170. The molecule has 270 valence electrons. The van der Waals surface area contributed by atoms with E-state index in [1.165, 1.54) is 20.2 Å². The second-order valence-corrected chi connectivity index (χ2v) is 17.1. The fraction of sp³-hybridized carbons (Fsp3) is 0.0769. The summed E-state index contributed by atoms with van der Waals surface area (Å²) in [6, 6.07) is 51.7. The van der Waals surface area contributed by atoms with E-state index >= 15 is 0 Å². The van der Waals surface area contributed by atoms with Crippen molar-refractivity contribution >= 4 is 86.3 Å². The molecule has 0 unspecified atom stereocenters.